The van der Waals surface area contributed by atoms with Gasteiger partial charge in [-0.05, 0) is 36.3 Å². The van der Waals surface area contributed by atoms with E-state index >= 15 is 0 Å². The number of hydrogen-bond donors (Lipinski definition) is 2. The summed E-state index contributed by atoms with van der Waals surface area (Å²) in [7, 11) is 1.80. The van der Waals surface area contributed by atoms with Crippen LogP contribution in [0.5, 0.6) is 0 Å². The van der Waals surface area contributed by atoms with Gasteiger partial charge in [0.1, 0.15) is 12.7 Å². The molecule has 3 aromatic rings. The quantitative estimate of drug-likeness (QED) is 0.423. The SMILES string of the molecule is CCN(CC)C(CNC(=NC)NCc1ccc(-n2cncn2)cc1)c1ccccc1. The number of hydrogen-bond acceptors (Lipinski definition) is 4. The Hall–Kier alpha value is -3.19. The fourth-order valence-electron chi connectivity index (χ4n) is 3.51. The first-order chi connectivity index (χ1) is 14.7. The van der Waals surface area contributed by atoms with Crippen LogP contribution in [0.4, 0.5) is 0 Å². The van der Waals surface area contributed by atoms with Crippen molar-refractivity contribution < 1.29 is 0 Å². The van der Waals surface area contributed by atoms with Crippen molar-refractivity contribution in [1.82, 2.24) is 30.3 Å². The van der Waals surface area contributed by atoms with Gasteiger partial charge in [-0.25, -0.2) is 9.67 Å². The van der Waals surface area contributed by atoms with Gasteiger partial charge in [-0.2, -0.15) is 5.10 Å². The van der Waals surface area contributed by atoms with E-state index in [4.69, 9.17) is 0 Å². The van der Waals surface area contributed by atoms with Gasteiger partial charge >= 0.3 is 0 Å². The first-order valence-corrected chi connectivity index (χ1v) is 10.4. The summed E-state index contributed by atoms with van der Waals surface area (Å²) in [6.07, 6.45) is 3.23. The van der Waals surface area contributed by atoms with Gasteiger partial charge in [-0.15, -0.1) is 0 Å². The maximum Gasteiger partial charge on any atom is 0.191 e. The maximum atomic E-state index is 4.39. The molecule has 3 rings (SSSR count). The van der Waals surface area contributed by atoms with Crippen LogP contribution in [0.2, 0.25) is 0 Å². The van der Waals surface area contributed by atoms with Crippen LogP contribution in [0.3, 0.4) is 0 Å². The number of rotatable bonds is 9. The number of nitrogens with one attached hydrogen (secondary N) is 2. The van der Waals surface area contributed by atoms with Crippen molar-refractivity contribution in [2.45, 2.75) is 26.4 Å². The molecule has 158 valence electrons. The van der Waals surface area contributed by atoms with Gasteiger partial charge in [-0.1, -0.05) is 56.3 Å². The molecule has 7 nitrogen and oxygen atoms in total. The lowest BCUT2D eigenvalue weighted by molar-refractivity contribution is 0.219. The number of likely N-dealkylation sites (N-methyl/N-ethyl adjacent to an activating group) is 1. The van der Waals surface area contributed by atoms with Crippen LogP contribution in [-0.2, 0) is 6.54 Å². The van der Waals surface area contributed by atoms with Crippen LogP contribution in [-0.4, -0.2) is 52.3 Å². The highest BCUT2D eigenvalue weighted by Crippen LogP contribution is 2.19. The Balaban J connectivity index is 1.58. The smallest absolute Gasteiger partial charge is 0.191 e. The molecular weight excluding hydrogens is 374 g/mol. The Bertz CT molecular complexity index is 885. The Morgan fingerprint density at radius 1 is 1.03 bits per heavy atom. The lowest BCUT2D eigenvalue weighted by Crippen LogP contribution is -2.43. The van der Waals surface area contributed by atoms with Crippen LogP contribution in [0, 0.1) is 0 Å². The molecule has 1 unspecified atom stereocenters. The van der Waals surface area contributed by atoms with Gasteiger partial charge in [0.25, 0.3) is 0 Å². The lowest BCUT2D eigenvalue weighted by atomic mass is 10.1. The van der Waals surface area contributed by atoms with E-state index in [2.05, 4.69) is 86.9 Å². The van der Waals surface area contributed by atoms with Crippen molar-refractivity contribution in [2.75, 3.05) is 26.7 Å². The molecule has 0 spiro atoms. The molecule has 2 aromatic carbocycles. The lowest BCUT2D eigenvalue weighted by Gasteiger charge is -2.30. The third-order valence-corrected chi connectivity index (χ3v) is 5.20. The highest BCUT2D eigenvalue weighted by atomic mass is 15.3. The molecule has 0 fully saturated rings. The minimum absolute atomic E-state index is 0.293. The summed E-state index contributed by atoms with van der Waals surface area (Å²) in [6.45, 7) is 7.89. The maximum absolute atomic E-state index is 4.39. The summed E-state index contributed by atoms with van der Waals surface area (Å²) in [5.41, 5.74) is 3.47. The van der Waals surface area contributed by atoms with E-state index in [9.17, 15) is 0 Å². The van der Waals surface area contributed by atoms with Crippen LogP contribution >= 0.6 is 0 Å². The van der Waals surface area contributed by atoms with Gasteiger partial charge < -0.3 is 10.6 Å². The molecule has 0 saturated heterocycles. The Morgan fingerprint density at radius 3 is 2.37 bits per heavy atom. The van der Waals surface area contributed by atoms with Crippen LogP contribution in [0.1, 0.15) is 31.0 Å². The summed E-state index contributed by atoms with van der Waals surface area (Å²) >= 11 is 0. The third kappa shape index (κ3) is 5.67. The zero-order valence-electron chi connectivity index (χ0n) is 18.0. The molecule has 0 amide bonds. The molecule has 0 radical (unpaired) electrons. The topological polar surface area (TPSA) is 70.4 Å². The number of aliphatic imine (C=N–C) groups is 1. The number of aromatic nitrogens is 3. The minimum atomic E-state index is 0.293. The van der Waals surface area contributed by atoms with Crippen LogP contribution in [0.25, 0.3) is 5.69 Å². The van der Waals surface area contributed by atoms with Gasteiger partial charge in [0.2, 0.25) is 0 Å². The molecule has 0 aliphatic rings. The zero-order chi connectivity index (χ0) is 21.2. The first kappa shape index (κ1) is 21.5. The fourth-order valence-corrected chi connectivity index (χ4v) is 3.51. The van der Waals surface area contributed by atoms with Crippen molar-refractivity contribution in [2.24, 2.45) is 4.99 Å². The predicted octanol–water partition coefficient (Wildman–Crippen LogP) is 3.02. The standard InChI is InChI=1S/C23H31N7/c1-4-29(5-2)22(20-9-7-6-8-10-20)16-27-23(24-3)26-15-19-11-13-21(14-12-19)30-18-25-17-28-30/h6-14,17-18,22H,4-5,15-16H2,1-3H3,(H2,24,26,27). The van der Waals surface area contributed by atoms with E-state index in [0.29, 0.717) is 12.6 Å². The highest BCUT2D eigenvalue weighted by Gasteiger charge is 2.18. The Morgan fingerprint density at radius 2 is 1.77 bits per heavy atom. The largest absolute Gasteiger partial charge is 0.354 e. The zero-order valence-corrected chi connectivity index (χ0v) is 18.0. The monoisotopic (exact) mass is 405 g/mol. The molecule has 0 bridgehead atoms. The molecule has 1 aromatic heterocycles. The molecule has 2 N–H and O–H groups in total. The number of benzene rings is 2. The second kappa shape index (κ2) is 11.1. The second-order valence-corrected chi connectivity index (χ2v) is 6.96. The molecule has 0 aliphatic carbocycles. The van der Waals surface area contributed by atoms with Crippen molar-refractivity contribution in [3.63, 3.8) is 0 Å². The molecule has 0 saturated carbocycles. The highest BCUT2D eigenvalue weighted by molar-refractivity contribution is 5.79. The van der Waals surface area contributed by atoms with Gasteiger partial charge in [-0.3, -0.25) is 9.89 Å². The van der Waals surface area contributed by atoms with E-state index in [-0.39, 0.29) is 0 Å². The summed E-state index contributed by atoms with van der Waals surface area (Å²) < 4.78 is 1.74. The summed E-state index contributed by atoms with van der Waals surface area (Å²) in [4.78, 5) is 10.8. The second-order valence-electron chi connectivity index (χ2n) is 6.96. The van der Waals surface area contributed by atoms with E-state index in [1.807, 2.05) is 12.1 Å². The van der Waals surface area contributed by atoms with Gasteiger partial charge in [0, 0.05) is 20.1 Å². The Labute approximate surface area is 178 Å². The summed E-state index contributed by atoms with van der Waals surface area (Å²) in [5, 5.41) is 11.1. The van der Waals surface area contributed by atoms with Crippen molar-refractivity contribution >= 4 is 5.96 Å². The summed E-state index contributed by atoms with van der Waals surface area (Å²) in [5.74, 6) is 0.795. The van der Waals surface area contributed by atoms with E-state index in [1.54, 1.807) is 18.1 Å². The average molecular weight is 406 g/mol. The van der Waals surface area contributed by atoms with Crippen LogP contribution in [0.15, 0.2) is 72.2 Å². The van der Waals surface area contributed by atoms with Crippen molar-refractivity contribution in [3.8, 4) is 5.69 Å². The van der Waals surface area contributed by atoms with E-state index in [1.165, 1.54) is 17.5 Å². The van der Waals surface area contributed by atoms with Gasteiger partial charge in [0.15, 0.2) is 5.96 Å². The molecule has 0 aliphatic heterocycles. The van der Waals surface area contributed by atoms with Crippen LogP contribution < -0.4 is 10.6 Å². The summed E-state index contributed by atoms with van der Waals surface area (Å²) in [6, 6.07) is 19.2. The molecule has 30 heavy (non-hydrogen) atoms. The van der Waals surface area contributed by atoms with Gasteiger partial charge in [0.05, 0.1) is 11.7 Å². The van der Waals surface area contributed by atoms with Crippen molar-refractivity contribution in [3.05, 3.63) is 78.4 Å². The number of guanidine groups is 1. The minimum Gasteiger partial charge on any atom is -0.354 e. The third-order valence-electron chi connectivity index (χ3n) is 5.20. The van der Waals surface area contributed by atoms with E-state index in [0.717, 1.165) is 31.3 Å². The normalized spacial score (nSPS) is 12.7. The molecule has 7 heteroatoms. The van der Waals surface area contributed by atoms with Crippen molar-refractivity contribution in [1.29, 1.82) is 0 Å². The fraction of sp³-hybridized carbons (Fsp3) is 0.348. The molecule has 1 heterocycles. The molecule has 1 atom stereocenters. The van der Waals surface area contributed by atoms with E-state index < -0.39 is 0 Å². The molecular formula is C23H31N7. The average Bonchev–Trinajstić information content (AvgIpc) is 3.34. The Kier molecular flexibility index (Phi) is 7.97. The first-order valence-electron chi connectivity index (χ1n) is 10.4. The number of nitrogens with zero attached hydrogens (tertiary/aromatic N) is 5. The predicted molar refractivity (Wildman–Crippen MR) is 122 cm³/mol.